The highest BCUT2D eigenvalue weighted by Gasteiger charge is 1.75. The number of hydrogen-bond acceptors (Lipinski definition) is 2. The van der Waals surface area contributed by atoms with Crippen molar-refractivity contribution in [2.75, 3.05) is 0 Å². The average Bonchev–Trinajstić information content (AvgIpc) is 2.08. The van der Waals surface area contributed by atoms with Gasteiger partial charge in [-0.1, -0.05) is 43.0 Å². The van der Waals surface area contributed by atoms with Crippen LogP contribution in [0.15, 0.2) is 36.9 Å². The van der Waals surface area contributed by atoms with E-state index in [0.29, 0.717) is 0 Å². The lowest BCUT2D eigenvalue weighted by atomic mass is 10.2. The first-order valence-corrected chi connectivity index (χ1v) is 3.05. The third-order valence-electron chi connectivity index (χ3n) is 1.04. The molecule has 2 N–H and O–H groups in total. The van der Waals surface area contributed by atoms with Gasteiger partial charge >= 0.3 is 0 Å². The van der Waals surface area contributed by atoms with Crippen molar-refractivity contribution in [3.63, 3.8) is 0 Å². The maximum absolute atomic E-state index is 5.50. The van der Waals surface area contributed by atoms with Crippen molar-refractivity contribution in [3.05, 3.63) is 42.5 Å². The van der Waals surface area contributed by atoms with Gasteiger partial charge in [-0.25, -0.2) is 0 Å². The van der Waals surface area contributed by atoms with Crippen LogP contribution in [0.2, 0.25) is 0 Å². The van der Waals surface area contributed by atoms with E-state index in [1.165, 1.54) is 5.56 Å². The van der Waals surface area contributed by atoms with Crippen LogP contribution in [0.4, 0.5) is 0 Å². The molecule has 12 heavy (non-hydrogen) atoms. The van der Waals surface area contributed by atoms with Crippen molar-refractivity contribution in [2.45, 2.75) is 0 Å². The number of nitrogens with one attached hydrogen (secondary N) is 2. The van der Waals surface area contributed by atoms with Gasteiger partial charge in [0.05, 0.1) is 0 Å². The van der Waals surface area contributed by atoms with E-state index in [1.54, 1.807) is 0 Å². The van der Waals surface area contributed by atoms with Gasteiger partial charge in [0.2, 0.25) is 4.91 Å². The van der Waals surface area contributed by atoms with Crippen LogP contribution in [0, 0.1) is 11.1 Å². The van der Waals surface area contributed by atoms with E-state index < -0.39 is 0 Å². The Morgan fingerprint density at radius 1 is 1.17 bits per heavy atom. The lowest BCUT2D eigenvalue weighted by Crippen LogP contribution is -1.63. The van der Waals surface area contributed by atoms with Gasteiger partial charge in [0, 0.05) is 0 Å². The van der Waals surface area contributed by atoms with Crippen LogP contribution in [0.25, 0.3) is 6.08 Å². The highest BCUT2D eigenvalue weighted by Crippen LogP contribution is 1.97. The Labute approximate surface area is 77.6 Å². The van der Waals surface area contributed by atoms with Gasteiger partial charge in [0.15, 0.2) is 0 Å². The topological polar surface area (TPSA) is 61.8 Å². The minimum absolute atomic E-state index is 0. The van der Waals surface area contributed by atoms with E-state index in [-0.39, 0.29) is 12.4 Å². The molecule has 0 aliphatic rings. The summed E-state index contributed by atoms with van der Waals surface area (Å²) in [5.74, 6) is 0. The predicted octanol–water partition coefficient (Wildman–Crippen LogP) is 2.87. The van der Waals surface area contributed by atoms with Crippen molar-refractivity contribution in [1.29, 1.82) is 11.1 Å². The summed E-state index contributed by atoms with van der Waals surface area (Å²) >= 11 is 0. The number of benzene rings is 1. The molecular formula is C8H11ClN3+. The highest BCUT2D eigenvalue weighted by molar-refractivity contribution is 5.85. The summed E-state index contributed by atoms with van der Waals surface area (Å²) in [6.07, 6.45) is 1.83. The molecule has 0 bridgehead atoms. The van der Waals surface area contributed by atoms with Crippen LogP contribution in [0.3, 0.4) is 0 Å². The second-order valence-corrected chi connectivity index (χ2v) is 1.73. The Morgan fingerprint density at radius 2 is 1.58 bits per heavy atom. The molecule has 0 radical (unpaired) electrons. The molecule has 0 amide bonds. The molecule has 0 aromatic heterocycles. The first-order valence-electron chi connectivity index (χ1n) is 3.05. The number of hydrogen-bond donors (Lipinski definition) is 2. The molecule has 0 aliphatic heterocycles. The van der Waals surface area contributed by atoms with Crippen LogP contribution in [-0.2, 0) is 0 Å². The molecule has 0 saturated carbocycles. The summed E-state index contributed by atoms with van der Waals surface area (Å²) in [6.45, 7) is 3.63. The monoisotopic (exact) mass is 184 g/mol. The predicted molar refractivity (Wildman–Crippen MR) is 51.4 cm³/mol. The number of rotatable bonds is 1. The third kappa shape index (κ3) is 6.68. The minimum atomic E-state index is 0. The summed E-state index contributed by atoms with van der Waals surface area (Å²) in [7, 11) is 0. The van der Waals surface area contributed by atoms with Crippen molar-refractivity contribution in [2.24, 2.45) is 0 Å². The zero-order valence-corrected chi connectivity index (χ0v) is 7.34. The van der Waals surface area contributed by atoms with Crippen LogP contribution in [-0.4, -0.2) is 0 Å². The largest absolute Gasteiger partial charge is 0.211 e. The molecule has 3 nitrogen and oxygen atoms in total. The van der Waals surface area contributed by atoms with Crippen LogP contribution in [0.1, 0.15) is 5.56 Å². The SMILES string of the molecule is C=Cc1ccccc1.Cl.N=[N+]=N. The van der Waals surface area contributed by atoms with Gasteiger partial charge < -0.3 is 0 Å². The smallest absolute Gasteiger partial charge is 0.147 e. The Balaban J connectivity index is 0. The normalized spacial score (nSPS) is 6.33. The molecule has 0 saturated heterocycles. The molecule has 0 spiro atoms. The van der Waals surface area contributed by atoms with Gasteiger partial charge in [-0.2, -0.15) is 0 Å². The molecule has 0 atom stereocenters. The number of halogens is 1. The Kier molecular flexibility index (Phi) is 10.5. The molecule has 1 rings (SSSR count). The van der Waals surface area contributed by atoms with Crippen molar-refractivity contribution in [1.82, 2.24) is 4.91 Å². The molecule has 0 fully saturated rings. The third-order valence-corrected chi connectivity index (χ3v) is 1.04. The molecule has 0 heterocycles. The fraction of sp³-hybridized carbons (Fsp3) is 0. The van der Waals surface area contributed by atoms with Crippen LogP contribution >= 0.6 is 12.4 Å². The summed E-state index contributed by atoms with van der Waals surface area (Å²) in [4.78, 5) is 2.00. The molecule has 0 aliphatic carbocycles. The second-order valence-electron chi connectivity index (χ2n) is 1.73. The maximum Gasteiger partial charge on any atom is 0.211 e. The summed E-state index contributed by atoms with van der Waals surface area (Å²) in [5, 5.41) is 0. The van der Waals surface area contributed by atoms with E-state index in [2.05, 4.69) is 6.58 Å². The fourth-order valence-corrected chi connectivity index (χ4v) is 0.589. The maximum atomic E-state index is 5.50. The molecule has 64 valence electrons. The van der Waals surface area contributed by atoms with Crippen molar-refractivity contribution >= 4 is 18.5 Å². The standard InChI is InChI=1S/C8H8.ClH.H2N3/c1-2-8-6-4-3-5-7-8;;1-3-2/h2-7H,1H2;1H;1-2H/q;;+1. The Bertz CT molecular complexity index is 240. The highest BCUT2D eigenvalue weighted by atomic mass is 35.5. The van der Waals surface area contributed by atoms with E-state index in [1.807, 2.05) is 41.3 Å². The first-order chi connectivity index (χ1) is 5.35. The second kappa shape index (κ2) is 9.56. The number of nitrogens with zero attached hydrogens (tertiary/aromatic N) is 1. The zero-order chi connectivity index (χ0) is 8.53. The molecule has 4 heteroatoms. The average molecular weight is 185 g/mol. The Hall–Kier alpha value is -1.44. The lowest BCUT2D eigenvalue weighted by Gasteiger charge is -1.85. The first kappa shape index (κ1) is 13.2. The van der Waals surface area contributed by atoms with E-state index in [9.17, 15) is 0 Å². The summed E-state index contributed by atoms with van der Waals surface area (Å²) in [6, 6.07) is 10.0. The van der Waals surface area contributed by atoms with E-state index >= 15 is 0 Å². The summed E-state index contributed by atoms with van der Waals surface area (Å²) in [5.41, 5.74) is 12.2. The molecule has 1 aromatic carbocycles. The zero-order valence-electron chi connectivity index (χ0n) is 6.53. The molecule has 0 unspecified atom stereocenters. The van der Waals surface area contributed by atoms with Gasteiger partial charge in [-0.3, -0.25) is 0 Å². The Morgan fingerprint density at radius 3 is 1.83 bits per heavy atom. The quantitative estimate of drug-likeness (QED) is 0.498. The summed E-state index contributed by atoms with van der Waals surface area (Å²) < 4.78 is 0. The van der Waals surface area contributed by atoms with Crippen molar-refractivity contribution in [3.8, 4) is 0 Å². The molecular weight excluding hydrogens is 174 g/mol. The van der Waals surface area contributed by atoms with Gasteiger partial charge in [-0.15, -0.1) is 12.4 Å². The van der Waals surface area contributed by atoms with Gasteiger partial charge in [0.1, 0.15) is 11.1 Å². The minimum Gasteiger partial charge on any atom is -0.147 e. The molecule has 1 aromatic rings. The van der Waals surface area contributed by atoms with Gasteiger partial charge in [-0.05, 0) is 5.56 Å². The van der Waals surface area contributed by atoms with Crippen molar-refractivity contribution < 1.29 is 0 Å². The van der Waals surface area contributed by atoms with E-state index in [4.69, 9.17) is 11.1 Å². The lowest BCUT2D eigenvalue weighted by molar-refractivity contribution is 0.928. The van der Waals surface area contributed by atoms with Gasteiger partial charge in [0.25, 0.3) is 0 Å². The fourth-order valence-electron chi connectivity index (χ4n) is 0.589. The van der Waals surface area contributed by atoms with Crippen LogP contribution < -0.4 is 4.91 Å². The van der Waals surface area contributed by atoms with E-state index in [0.717, 1.165) is 0 Å². The van der Waals surface area contributed by atoms with Crippen LogP contribution in [0.5, 0.6) is 0 Å².